The summed E-state index contributed by atoms with van der Waals surface area (Å²) in [6, 6.07) is 28.7. The van der Waals surface area contributed by atoms with Gasteiger partial charge in [0.2, 0.25) is 11.8 Å². The molecule has 0 saturated carbocycles. The van der Waals surface area contributed by atoms with E-state index >= 15 is 0 Å². The second kappa shape index (κ2) is 10.3. The topological polar surface area (TPSA) is 54.2 Å². The number of halogens is 1. The van der Waals surface area contributed by atoms with Gasteiger partial charge in [-0.25, -0.2) is 0 Å². The van der Waals surface area contributed by atoms with E-state index in [0.29, 0.717) is 22.8 Å². The second-order valence-corrected chi connectivity index (χ2v) is 8.88. The van der Waals surface area contributed by atoms with Gasteiger partial charge in [-0.15, -0.1) is 10.2 Å². The first-order valence-electron chi connectivity index (χ1n) is 11.4. The summed E-state index contributed by atoms with van der Waals surface area (Å²) in [5.41, 5.74) is 3.22. The molecule has 0 unspecified atom stereocenters. The average molecular weight is 459 g/mol. The van der Waals surface area contributed by atoms with Crippen LogP contribution in [-0.2, 0) is 6.54 Å². The first-order valence-corrected chi connectivity index (χ1v) is 11.8. The summed E-state index contributed by atoms with van der Waals surface area (Å²) in [5.74, 6) is 0.999. The SMILES string of the molecule is Clc1ccccc1-c1nnc([C@@H](NC2CCN(Cc3ccccc3)CC2)c2ccccc2)o1. The molecular weight excluding hydrogens is 432 g/mol. The molecule has 1 aliphatic heterocycles. The predicted octanol–water partition coefficient (Wildman–Crippen LogP) is 5.73. The number of hydrogen-bond donors (Lipinski definition) is 1. The number of nitrogens with one attached hydrogen (secondary N) is 1. The lowest BCUT2D eigenvalue weighted by Gasteiger charge is -2.34. The van der Waals surface area contributed by atoms with Gasteiger partial charge in [-0.1, -0.05) is 84.4 Å². The molecular formula is C27H27ClN4O. The first kappa shape index (κ1) is 21.8. The molecule has 1 N–H and O–H groups in total. The Balaban J connectivity index is 1.30. The fourth-order valence-electron chi connectivity index (χ4n) is 4.39. The van der Waals surface area contributed by atoms with E-state index < -0.39 is 0 Å². The van der Waals surface area contributed by atoms with Crippen LogP contribution in [0.5, 0.6) is 0 Å². The molecule has 0 spiro atoms. The summed E-state index contributed by atoms with van der Waals surface area (Å²) in [6.45, 7) is 3.12. The van der Waals surface area contributed by atoms with Crippen molar-refractivity contribution in [1.82, 2.24) is 20.4 Å². The van der Waals surface area contributed by atoms with E-state index in [0.717, 1.165) is 43.6 Å². The van der Waals surface area contributed by atoms with E-state index in [-0.39, 0.29) is 6.04 Å². The Bertz CT molecular complexity index is 1160. The minimum absolute atomic E-state index is 0.166. The lowest BCUT2D eigenvalue weighted by molar-refractivity contribution is 0.184. The molecule has 1 aliphatic rings. The van der Waals surface area contributed by atoms with Crippen LogP contribution in [0.15, 0.2) is 89.3 Å². The molecule has 0 amide bonds. The summed E-state index contributed by atoms with van der Waals surface area (Å²) in [4.78, 5) is 2.52. The minimum Gasteiger partial charge on any atom is -0.419 e. The summed E-state index contributed by atoms with van der Waals surface area (Å²) in [5, 5.41) is 13.1. The number of aromatic nitrogens is 2. The molecule has 1 aromatic heterocycles. The van der Waals surface area contributed by atoms with E-state index in [1.807, 2.05) is 42.5 Å². The highest BCUT2D eigenvalue weighted by molar-refractivity contribution is 6.33. The minimum atomic E-state index is -0.166. The van der Waals surface area contributed by atoms with Gasteiger partial charge in [-0.05, 0) is 49.2 Å². The highest BCUT2D eigenvalue weighted by atomic mass is 35.5. The van der Waals surface area contributed by atoms with Crippen LogP contribution >= 0.6 is 11.6 Å². The molecule has 5 rings (SSSR count). The van der Waals surface area contributed by atoms with E-state index in [1.54, 1.807) is 0 Å². The van der Waals surface area contributed by atoms with Crippen molar-refractivity contribution in [2.45, 2.75) is 31.5 Å². The van der Waals surface area contributed by atoms with Gasteiger partial charge in [-0.3, -0.25) is 10.2 Å². The van der Waals surface area contributed by atoms with Crippen molar-refractivity contribution in [2.75, 3.05) is 13.1 Å². The number of benzene rings is 3. The molecule has 1 atom stereocenters. The summed E-state index contributed by atoms with van der Waals surface area (Å²) in [6.07, 6.45) is 2.14. The summed E-state index contributed by atoms with van der Waals surface area (Å²) >= 11 is 6.34. The second-order valence-electron chi connectivity index (χ2n) is 8.47. The number of hydrogen-bond acceptors (Lipinski definition) is 5. The molecule has 33 heavy (non-hydrogen) atoms. The molecule has 2 heterocycles. The highest BCUT2D eigenvalue weighted by Crippen LogP contribution is 2.30. The molecule has 1 saturated heterocycles. The van der Waals surface area contributed by atoms with Crippen molar-refractivity contribution in [2.24, 2.45) is 0 Å². The maximum absolute atomic E-state index is 6.34. The van der Waals surface area contributed by atoms with Crippen LogP contribution in [0, 0.1) is 0 Å². The van der Waals surface area contributed by atoms with Crippen LogP contribution in [0.4, 0.5) is 0 Å². The molecule has 0 bridgehead atoms. The monoisotopic (exact) mass is 458 g/mol. The van der Waals surface area contributed by atoms with E-state index in [9.17, 15) is 0 Å². The molecule has 168 valence electrons. The Hall–Kier alpha value is -2.99. The Labute approximate surface area is 199 Å². The van der Waals surface area contributed by atoms with Gasteiger partial charge >= 0.3 is 0 Å². The van der Waals surface area contributed by atoms with Crippen LogP contribution in [0.3, 0.4) is 0 Å². The molecule has 0 radical (unpaired) electrons. The van der Waals surface area contributed by atoms with Crippen LogP contribution in [0.25, 0.3) is 11.5 Å². The van der Waals surface area contributed by atoms with Crippen LogP contribution in [-0.4, -0.2) is 34.2 Å². The van der Waals surface area contributed by atoms with E-state index in [1.165, 1.54) is 5.56 Å². The third kappa shape index (κ3) is 5.33. The van der Waals surface area contributed by atoms with Gasteiger partial charge in [0.15, 0.2) is 0 Å². The zero-order valence-corrected chi connectivity index (χ0v) is 19.2. The summed E-state index contributed by atoms with van der Waals surface area (Å²) in [7, 11) is 0. The van der Waals surface area contributed by atoms with Crippen molar-refractivity contribution in [1.29, 1.82) is 0 Å². The third-order valence-electron chi connectivity index (χ3n) is 6.16. The Morgan fingerprint density at radius 3 is 2.27 bits per heavy atom. The Kier molecular flexibility index (Phi) is 6.81. The molecule has 5 nitrogen and oxygen atoms in total. The quantitative estimate of drug-likeness (QED) is 0.383. The Morgan fingerprint density at radius 1 is 0.879 bits per heavy atom. The van der Waals surface area contributed by atoms with Crippen molar-refractivity contribution in [3.05, 3.63) is 107 Å². The smallest absolute Gasteiger partial charge is 0.249 e. The van der Waals surface area contributed by atoms with Gasteiger partial charge in [0, 0.05) is 12.6 Å². The fourth-order valence-corrected chi connectivity index (χ4v) is 4.60. The number of rotatable bonds is 7. The zero-order valence-electron chi connectivity index (χ0n) is 18.4. The van der Waals surface area contributed by atoms with Crippen LogP contribution < -0.4 is 5.32 Å². The van der Waals surface area contributed by atoms with E-state index in [4.69, 9.17) is 16.0 Å². The standard InChI is InChI=1S/C27H27ClN4O/c28-24-14-8-7-13-23(24)26-30-31-27(33-26)25(21-11-5-2-6-12-21)29-22-15-17-32(18-16-22)19-20-9-3-1-4-10-20/h1-14,22,25,29H,15-19H2/t25-/m0/s1. The number of piperidine rings is 1. The molecule has 1 fully saturated rings. The van der Waals surface area contributed by atoms with E-state index in [2.05, 4.69) is 62.9 Å². The van der Waals surface area contributed by atoms with Crippen LogP contribution in [0.1, 0.15) is 35.9 Å². The van der Waals surface area contributed by atoms with Gasteiger partial charge in [0.1, 0.15) is 6.04 Å². The normalized spacial score (nSPS) is 16.0. The number of likely N-dealkylation sites (tertiary alicyclic amines) is 1. The summed E-state index contributed by atoms with van der Waals surface area (Å²) < 4.78 is 6.13. The predicted molar refractivity (Wildman–Crippen MR) is 131 cm³/mol. The lowest BCUT2D eigenvalue weighted by atomic mass is 10.00. The Morgan fingerprint density at radius 2 is 1.55 bits per heavy atom. The first-order chi connectivity index (χ1) is 16.3. The number of nitrogens with zero attached hydrogens (tertiary/aromatic N) is 3. The molecule has 4 aromatic rings. The van der Waals surface area contributed by atoms with Gasteiger partial charge < -0.3 is 4.42 Å². The zero-order chi connectivity index (χ0) is 22.5. The largest absolute Gasteiger partial charge is 0.419 e. The van der Waals surface area contributed by atoms with Gasteiger partial charge in [0.05, 0.1) is 10.6 Å². The van der Waals surface area contributed by atoms with Crippen LogP contribution in [0.2, 0.25) is 5.02 Å². The molecule has 0 aliphatic carbocycles. The van der Waals surface area contributed by atoms with Crippen molar-refractivity contribution < 1.29 is 4.42 Å². The van der Waals surface area contributed by atoms with Gasteiger partial charge in [0.25, 0.3) is 0 Å². The van der Waals surface area contributed by atoms with Crippen molar-refractivity contribution in [3.8, 4) is 11.5 Å². The highest BCUT2D eigenvalue weighted by Gasteiger charge is 2.27. The maximum Gasteiger partial charge on any atom is 0.249 e. The third-order valence-corrected chi connectivity index (χ3v) is 6.49. The van der Waals surface area contributed by atoms with Gasteiger partial charge in [-0.2, -0.15) is 0 Å². The molecule has 6 heteroatoms. The fraction of sp³-hybridized carbons (Fsp3) is 0.259. The maximum atomic E-state index is 6.34. The van der Waals surface area contributed by atoms with Crippen molar-refractivity contribution in [3.63, 3.8) is 0 Å². The van der Waals surface area contributed by atoms with Crippen molar-refractivity contribution >= 4 is 11.6 Å². The molecule has 3 aromatic carbocycles. The lowest BCUT2D eigenvalue weighted by Crippen LogP contribution is -2.43. The average Bonchev–Trinajstić information content (AvgIpc) is 3.35.